The van der Waals surface area contributed by atoms with Gasteiger partial charge in [-0.1, -0.05) is 70.5 Å². The van der Waals surface area contributed by atoms with Gasteiger partial charge in [-0.3, -0.25) is 10.1 Å². The van der Waals surface area contributed by atoms with E-state index in [-0.39, 0.29) is 23.1 Å². The highest BCUT2D eigenvalue weighted by molar-refractivity contribution is 9.10. The standard InChI is InChI=1S/C24H18BrN5O2/c25-18-14-11-17(12-15-18)13-16-21-22(30(31)32)23(26-19-7-3-1-4-8-19)29-24(28-21)27-20-9-5-2-6-10-20/h1-16H,(H2,26,27,28,29). The van der Waals surface area contributed by atoms with Crippen LogP contribution in [0.1, 0.15) is 11.3 Å². The Hall–Kier alpha value is -4.04. The first-order chi connectivity index (χ1) is 15.6. The van der Waals surface area contributed by atoms with Crippen molar-refractivity contribution in [2.45, 2.75) is 0 Å². The van der Waals surface area contributed by atoms with Crippen molar-refractivity contribution in [2.75, 3.05) is 10.6 Å². The Kier molecular flexibility index (Phi) is 6.52. The molecule has 7 nitrogen and oxygen atoms in total. The minimum atomic E-state index is -0.473. The van der Waals surface area contributed by atoms with E-state index in [1.807, 2.05) is 84.9 Å². The van der Waals surface area contributed by atoms with Crippen LogP contribution < -0.4 is 10.6 Å². The van der Waals surface area contributed by atoms with E-state index >= 15 is 0 Å². The molecule has 3 aromatic carbocycles. The van der Waals surface area contributed by atoms with Crippen LogP contribution in [0.2, 0.25) is 0 Å². The van der Waals surface area contributed by atoms with Gasteiger partial charge in [0.2, 0.25) is 11.8 Å². The maximum atomic E-state index is 12.0. The van der Waals surface area contributed by atoms with Gasteiger partial charge in [0.15, 0.2) is 0 Å². The molecule has 32 heavy (non-hydrogen) atoms. The summed E-state index contributed by atoms with van der Waals surface area (Å²) < 4.78 is 0.950. The summed E-state index contributed by atoms with van der Waals surface area (Å²) in [6, 6.07) is 26.2. The summed E-state index contributed by atoms with van der Waals surface area (Å²) in [5.74, 6) is 0.348. The molecule has 4 aromatic rings. The minimum Gasteiger partial charge on any atom is -0.334 e. The van der Waals surface area contributed by atoms with Gasteiger partial charge in [0.1, 0.15) is 5.69 Å². The molecule has 2 N–H and O–H groups in total. The summed E-state index contributed by atoms with van der Waals surface area (Å²) >= 11 is 3.40. The summed E-state index contributed by atoms with van der Waals surface area (Å²) in [4.78, 5) is 20.3. The first-order valence-corrected chi connectivity index (χ1v) is 10.5. The predicted octanol–water partition coefficient (Wildman–Crippen LogP) is 6.80. The fourth-order valence-corrected chi connectivity index (χ4v) is 3.23. The molecule has 8 heteroatoms. The second-order valence-electron chi connectivity index (χ2n) is 6.75. The molecule has 0 amide bonds. The molecule has 0 atom stereocenters. The largest absolute Gasteiger partial charge is 0.337 e. The molecule has 4 rings (SSSR count). The average molecular weight is 488 g/mol. The van der Waals surface area contributed by atoms with E-state index in [0.717, 1.165) is 15.7 Å². The SMILES string of the molecule is O=[N+]([O-])c1c(C=Cc2ccc(Br)cc2)nc(Nc2ccccc2)nc1Nc1ccccc1. The zero-order valence-corrected chi connectivity index (χ0v) is 18.4. The van der Waals surface area contributed by atoms with Crippen LogP contribution in [-0.2, 0) is 0 Å². The number of aromatic nitrogens is 2. The zero-order valence-electron chi connectivity index (χ0n) is 16.8. The number of hydrogen-bond acceptors (Lipinski definition) is 6. The topological polar surface area (TPSA) is 93.0 Å². The number of anilines is 4. The van der Waals surface area contributed by atoms with E-state index in [2.05, 4.69) is 36.5 Å². The van der Waals surface area contributed by atoms with Gasteiger partial charge < -0.3 is 10.6 Å². The fourth-order valence-electron chi connectivity index (χ4n) is 2.97. The van der Waals surface area contributed by atoms with E-state index in [9.17, 15) is 10.1 Å². The second-order valence-corrected chi connectivity index (χ2v) is 7.67. The molecule has 1 heterocycles. The predicted molar refractivity (Wildman–Crippen MR) is 131 cm³/mol. The first kappa shape index (κ1) is 21.2. The molecule has 0 unspecified atom stereocenters. The Bertz CT molecular complexity index is 1250. The van der Waals surface area contributed by atoms with E-state index in [4.69, 9.17) is 0 Å². The molecule has 0 bridgehead atoms. The maximum Gasteiger partial charge on any atom is 0.337 e. The summed E-state index contributed by atoms with van der Waals surface area (Å²) in [5, 5.41) is 18.2. The Morgan fingerprint density at radius 1 is 0.781 bits per heavy atom. The molecule has 0 aliphatic rings. The smallest absolute Gasteiger partial charge is 0.334 e. The van der Waals surface area contributed by atoms with Gasteiger partial charge in [0, 0.05) is 15.8 Å². The number of halogens is 1. The van der Waals surface area contributed by atoms with Crippen LogP contribution in [0.4, 0.5) is 28.8 Å². The summed E-state index contributed by atoms with van der Waals surface area (Å²) in [6.07, 6.45) is 3.40. The van der Waals surface area contributed by atoms with E-state index in [1.54, 1.807) is 12.2 Å². The lowest BCUT2D eigenvalue weighted by molar-refractivity contribution is -0.384. The summed E-state index contributed by atoms with van der Waals surface area (Å²) in [5.41, 5.74) is 2.32. The molecule has 0 spiro atoms. The van der Waals surface area contributed by atoms with Crippen molar-refractivity contribution in [3.8, 4) is 0 Å². The van der Waals surface area contributed by atoms with Crippen molar-refractivity contribution in [1.29, 1.82) is 0 Å². The molecule has 0 aliphatic carbocycles. The van der Waals surface area contributed by atoms with Crippen molar-refractivity contribution < 1.29 is 4.92 Å². The molecule has 0 aliphatic heterocycles. The first-order valence-electron chi connectivity index (χ1n) is 9.73. The third-order valence-corrected chi connectivity index (χ3v) is 4.99. The molecule has 0 fully saturated rings. The lowest BCUT2D eigenvalue weighted by atomic mass is 10.2. The Balaban J connectivity index is 1.79. The van der Waals surface area contributed by atoms with E-state index in [0.29, 0.717) is 5.69 Å². The van der Waals surface area contributed by atoms with Crippen molar-refractivity contribution in [3.63, 3.8) is 0 Å². The number of benzene rings is 3. The van der Waals surface area contributed by atoms with Gasteiger partial charge in [0.05, 0.1) is 4.92 Å². The fraction of sp³-hybridized carbons (Fsp3) is 0. The number of para-hydroxylation sites is 2. The zero-order chi connectivity index (χ0) is 22.3. The third kappa shape index (κ3) is 5.35. The van der Waals surface area contributed by atoms with Crippen LogP contribution in [0.25, 0.3) is 12.2 Å². The van der Waals surface area contributed by atoms with Crippen LogP contribution in [-0.4, -0.2) is 14.9 Å². The Labute approximate surface area is 193 Å². The van der Waals surface area contributed by atoms with Gasteiger partial charge >= 0.3 is 5.69 Å². The number of hydrogen-bond donors (Lipinski definition) is 2. The van der Waals surface area contributed by atoms with Crippen LogP contribution in [0, 0.1) is 10.1 Å². The normalized spacial score (nSPS) is 10.8. The minimum absolute atomic E-state index is 0.102. The summed E-state index contributed by atoms with van der Waals surface area (Å²) in [6.45, 7) is 0. The summed E-state index contributed by atoms with van der Waals surface area (Å²) in [7, 11) is 0. The Morgan fingerprint density at radius 2 is 1.38 bits per heavy atom. The average Bonchev–Trinajstić information content (AvgIpc) is 2.80. The third-order valence-electron chi connectivity index (χ3n) is 4.46. The van der Waals surface area contributed by atoms with Gasteiger partial charge in [-0.15, -0.1) is 0 Å². The van der Waals surface area contributed by atoms with Crippen molar-refractivity contribution >= 4 is 56.9 Å². The molecular formula is C24H18BrN5O2. The van der Waals surface area contributed by atoms with Gasteiger partial charge in [-0.2, -0.15) is 4.98 Å². The quantitative estimate of drug-likeness (QED) is 0.219. The highest BCUT2D eigenvalue weighted by atomic mass is 79.9. The van der Waals surface area contributed by atoms with Crippen LogP contribution >= 0.6 is 15.9 Å². The molecular weight excluding hydrogens is 470 g/mol. The highest BCUT2D eigenvalue weighted by Gasteiger charge is 2.24. The number of nitrogens with one attached hydrogen (secondary N) is 2. The molecule has 1 aromatic heterocycles. The van der Waals surface area contributed by atoms with Crippen molar-refractivity contribution in [3.05, 3.63) is 111 Å². The van der Waals surface area contributed by atoms with Crippen molar-refractivity contribution in [2.24, 2.45) is 0 Å². The van der Waals surface area contributed by atoms with Gasteiger partial charge in [-0.05, 0) is 48.0 Å². The van der Waals surface area contributed by atoms with Crippen LogP contribution in [0.15, 0.2) is 89.4 Å². The molecule has 158 valence electrons. The van der Waals surface area contributed by atoms with Crippen molar-refractivity contribution in [1.82, 2.24) is 9.97 Å². The Morgan fingerprint density at radius 3 is 1.97 bits per heavy atom. The van der Waals surface area contributed by atoms with Crippen LogP contribution in [0.3, 0.4) is 0 Å². The molecule has 0 radical (unpaired) electrons. The van der Waals surface area contributed by atoms with Crippen LogP contribution in [0.5, 0.6) is 0 Å². The number of nitrogens with zero attached hydrogens (tertiary/aromatic N) is 3. The molecule has 0 saturated heterocycles. The van der Waals surface area contributed by atoms with Gasteiger partial charge in [-0.25, -0.2) is 4.98 Å². The number of nitro groups is 1. The lowest BCUT2D eigenvalue weighted by Gasteiger charge is -2.11. The monoisotopic (exact) mass is 487 g/mol. The van der Waals surface area contributed by atoms with Gasteiger partial charge in [0.25, 0.3) is 0 Å². The van der Waals surface area contributed by atoms with E-state index < -0.39 is 4.92 Å². The van der Waals surface area contributed by atoms with E-state index in [1.165, 1.54) is 0 Å². The maximum absolute atomic E-state index is 12.0. The number of rotatable bonds is 7. The molecule has 0 saturated carbocycles. The highest BCUT2D eigenvalue weighted by Crippen LogP contribution is 2.32. The lowest BCUT2D eigenvalue weighted by Crippen LogP contribution is -2.07. The second kappa shape index (κ2) is 9.84.